The molecule has 1 saturated heterocycles. The molecule has 170 valence electrons. The van der Waals surface area contributed by atoms with Crippen molar-refractivity contribution in [1.29, 1.82) is 0 Å². The Balaban J connectivity index is 1.43. The van der Waals surface area contributed by atoms with Gasteiger partial charge in [0.05, 0.1) is 20.9 Å². The van der Waals surface area contributed by atoms with E-state index < -0.39 is 15.7 Å². The van der Waals surface area contributed by atoms with Crippen molar-refractivity contribution in [3.05, 3.63) is 74.5 Å². The van der Waals surface area contributed by atoms with Crippen molar-refractivity contribution < 1.29 is 12.8 Å². The van der Waals surface area contributed by atoms with E-state index in [1.54, 1.807) is 12.1 Å². The summed E-state index contributed by atoms with van der Waals surface area (Å²) < 4.78 is 40.4. The molecule has 0 unspecified atom stereocenters. The van der Waals surface area contributed by atoms with Gasteiger partial charge in [-0.05, 0) is 62.4 Å². The molecule has 0 bridgehead atoms. The zero-order valence-corrected chi connectivity index (χ0v) is 20.7. The topological polar surface area (TPSA) is 50.3 Å². The maximum Gasteiger partial charge on any atom is 0.185 e. The Hall–Kier alpha value is -1.96. The number of thiazole rings is 1. The van der Waals surface area contributed by atoms with Crippen LogP contribution in [0.5, 0.6) is 0 Å². The van der Waals surface area contributed by atoms with Gasteiger partial charge in [0.1, 0.15) is 5.82 Å². The molecule has 1 fully saturated rings. The van der Waals surface area contributed by atoms with Crippen molar-refractivity contribution in [1.82, 2.24) is 4.98 Å². The molecule has 32 heavy (non-hydrogen) atoms. The Kier molecular flexibility index (Phi) is 6.61. The Morgan fingerprint density at radius 3 is 2.41 bits per heavy atom. The van der Waals surface area contributed by atoms with Crippen LogP contribution in [0.25, 0.3) is 0 Å². The average Bonchev–Trinajstić information content (AvgIpc) is 3.18. The number of benzene rings is 2. The monoisotopic (exact) mass is 492 g/mol. The van der Waals surface area contributed by atoms with Crippen LogP contribution in [0.3, 0.4) is 0 Å². The molecule has 0 saturated carbocycles. The predicted octanol–water partition coefficient (Wildman–Crippen LogP) is 5.89. The van der Waals surface area contributed by atoms with Gasteiger partial charge in [0.15, 0.2) is 15.0 Å². The molecule has 4 rings (SSSR count). The van der Waals surface area contributed by atoms with Gasteiger partial charge in [-0.15, -0.1) is 11.3 Å². The minimum absolute atomic E-state index is 0.113. The molecule has 4 nitrogen and oxygen atoms in total. The first kappa shape index (κ1) is 23.2. The SMILES string of the molecule is Cc1cc(C)c(S(=O)(=O)C2CCN(c3nc(Cc4ccc(Cl)c(F)c4)cs3)CC2)c(C)c1. The molecule has 1 aromatic heterocycles. The highest BCUT2D eigenvalue weighted by Crippen LogP contribution is 2.32. The number of halogens is 2. The Morgan fingerprint density at radius 1 is 1.12 bits per heavy atom. The lowest BCUT2D eigenvalue weighted by atomic mass is 10.1. The predicted molar refractivity (Wildman–Crippen MR) is 129 cm³/mol. The lowest BCUT2D eigenvalue weighted by molar-refractivity contribution is 0.528. The number of hydrogen-bond donors (Lipinski definition) is 0. The Labute approximate surface area is 198 Å². The second-order valence-corrected chi connectivity index (χ2v) is 11.9. The summed E-state index contributed by atoms with van der Waals surface area (Å²) >= 11 is 7.30. The molecule has 1 aliphatic rings. The molecular weight excluding hydrogens is 467 g/mol. The van der Waals surface area contributed by atoms with E-state index in [2.05, 4.69) is 4.90 Å². The van der Waals surface area contributed by atoms with Gasteiger partial charge in [-0.1, -0.05) is 35.4 Å². The Bertz CT molecular complexity index is 1230. The van der Waals surface area contributed by atoms with Crippen molar-refractivity contribution in [3.8, 4) is 0 Å². The summed E-state index contributed by atoms with van der Waals surface area (Å²) in [7, 11) is -3.38. The fraction of sp³-hybridized carbons (Fsp3) is 0.375. The minimum Gasteiger partial charge on any atom is -0.348 e. The van der Waals surface area contributed by atoms with Gasteiger partial charge in [0.2, 0.25) is 0 Å². The maximum absolute atomic E-state index is 13.7. The van der Waals surface area contributed by atoms with Crippen LogP contribution < -0.4 is 4.90 Å². The van der Waals surface area contributed by atoms with Crippen LogP contribution in [0, 0.1) is 26.6 Å². The standard InChI is InChI=1S/C24H26ClFN2O2S2/c1-15-10-16(2)23(17(3)11-15)32(29,30)20-6-8-28(9-7-20)24-27-19(14-31-24)12-18-4-5-21(25)22(26)13-18/h4-5,10-11,13-14,20H,6-9,12H2,1-3H3. The molecule has 0 radical (unpaired) electrons. The van der Waals surface area contributed by atoms with E-state index in [9.17, 15) is 12.8 Å². The molecule has 1 aliphatic heterocycles. The molecule has 3 aromatic rings. The molecule has 2 heterocycles. The highest BCUT2D eigenvalue weighted by molar-refractivity contribution is 7.92. The van der Waals surface area contributed by atoms with Crippen LogP contribution in [0.2, 0.25) is 5.02 Å². The maximum atomic E-state index is 13.7. The summed E-state index contributed by atoms with van der Waals surface area (Å²) in [6, 6.07) is 8.68. The van der Waals surface area contributed by atoms with Crippen molar-refractivity contribution in [2.24, 2.45) is 0 Å². The number of aryl methyl sites for hydroxylation is 3. The summed E-state index contributed by atoms with van der Waals surface area (Å²) in [5.41, 5.74) is 4.42. The third kappa shape index (κ3) is 4.70. The number of rotatable bonds is 5. The number of anilines is 1. The van der Waals surface area contributed by atoms with E-state index in [1.165, 1.54) is 17.4 Å². The number of hydrogen-bond acceptors (Lipinski definition) is 5. The second kappa shape index (κ2) is 9.12. The smallest absolute Gasteiger partial charge is 0.185 e. The fourth-order valence-corrected chi connectivity index (χ4v) is 7.70. The van der Waals surface area contributed by atoms with Crippen molar-refractivity contribution in [2.75, 3.05) is 18.0 Å². The number of sulfone groups is 1. The second-order valence-electron chi connectivity index (χ2n) is 8.51. The van der Waals surface area contributed by atoms with E-state index in [1.807, 2.05) is 38.3 Å². The normalized spacial score (nSPS) is 15.3. The number of nitrogens with zero attached hydrogens (tertiary/aromatic N) is 2. The third-order valence-electron chi connectivity index (χ3n) is 5.95. The van der Waals surface area contributed by atoms with E-state index in [4.69, 9.17) is 16.6 Å². The summed E-state index contributed by atoms with van der Waals surface area (Å²) in [6.45, 7) is 7.05. The van der Waals surface area contributed by atoms with Crippen molar-refractivity contribution >= 4 is 37.9 Å². The number of piperidine rings is 1. The lowest BCUT2D eigenvalue weighted by Crippen LogP contribution is -2.39. The molecule has 2 aromatic carbocycles. The summed E-state index contributed by atoms with van der Waals surface area (Å²) in [5, 5.41) is 2.59. The van der Waals surface area contributed by atoms with Crippen LogP contribution in [0.1, 0.15) is 40.8 Å². The molecular formula is C24H26ClFN2O2S2. The van der Waals surface area contributed by atoms with Crippen LogP contribution >= 0.6 is 22.9 Å². The van der Waals surface area contributed by atoms with Gasteiger partial charge in [0.25, 0.3) is 0 Å². The fourth-order valence-electron chi connectivity index (χ4n) is 4.52. The first-order valence-electron chi connectivity index (χ1n) is 10.6. The van der Waals surface area contributed by atoms with Crippen LogP contribution in [-0.4, -0.2) is 31.7 Å². The summed E-state index contributed by atoms with van der Waals surface area (Å²) in [4.78, 5) is 7.35. The van der Waals surface area contributed by atoms with E-state index in [-0.39, 0.29) is 10.3 Å². The van der Waals surface area contributed by atoms with Gasteiger partial charge >= 0.3 is 0 Å². The van der Waals surface area contributed by atoms with Crippen molar-refractivity contribution in [2.45, 2.75) is 50.2 Å². The highest BCUT2D eigenvalue weighted by atomic mass is 35.5. The van der Waals surface area contributed by atoms with Gasteiger partial charge in [0, 0.05) is 24.9 Å². The zero-order chi connectivity index (χ0) is 23.0. The first-order chi connectivity index (χ1) is 15.1. The molecule has 0 aliphatic carbocycles. The number of aromatic nitrogens is 1. The average molecular weight is 493 g/mol. The van der Waals surface area contributed by atoms with Gasteiger partial charge in [-0.3, -0.25) is 0 Å². The molecule has 0 spiro atoms. The van der Waals surface area contributed by atoms with Gasteiger partial charge in [-0.25, -0.2) is 17.8 Å². The van der Waals surface area contributed by atoms with Crippen LogP contribution in [-0.2, 0) is 16.3 Å². The lowest BCUT2D eigenvalue weighted by Gasteiger charge is -2.32. The third-order valence-corrected chi connectivity index (χ3v) is 9.77. The van der Waals surface area contributed by atoms with Crippen LogP contribution in [0.4, 0.5) is 9.52 Å². The molecule has 0 amide bonds. The summed E-state index contributed by atoms with van der Waals surface area (Å²) in [6.07, 6.45) is 1.68. The van der Waals surface area contributed by atoms with E-state index >= 15 is 0 Å². The van der Waals surface area contributed by atoms with Crippen molar-refractivity contribution in [3.63, 3.8) is 0 Å². The quantitative estimate of drug-likeness (QED) is 0.445. The molecule has 0 atom stereocenters. The summed E-state index contributed by atoms with van der Waals surface area (Å²) in [5.74, 6) is -0.429. The molecule has 0 N–H and O–H groups in total. The Morgan fingerprint density at radius 2 is 1.78 bits per heavy atom. The van der Waals surface area contributed by atoms with Crippen LogP contribution in [0.15, 0.2) is 40.6 Å². The minimum atomic E-state index is -3.38. The molecule has 8 heteroatoms. The van der Waals surface area contributed by atoms with E-state index in [0.717, 1.165) is 33.1 Å². The van der Waals surface area contributed by atoms with E-state index in [0.29, 0.717) is 37.2 Å². The zero-order valence-electron chi connectivity index (χ0n) is 18.4. The van der Waals surface area contributed by atoms with Gasteiger partial charge in [-0.2, -0.15) is 0 Å². The first-order valence-corrected chi connectivity index (χ1v) is 13.4. The van der Waals surface area contributed by atoms with Gasteiger partial charge < -0.3 is 4.90 Å². The highest BCUT2D eigenvalue weighted by Gasteiger charge is 2.34. The largest absolute Gasteiger partial charge is 0.348 e.